The van der Waals surface area contributed by atoms with Gasteiger partial charge in [-0.1, -0.05) is 18.7 Å². The molecule has 0 aliphatic carbocycles. The third kappa shape index (κ3) is 3.16. The fraction of sp³-hybridized carbons (Fsp3) is 0.312. The van der Waals surface area contributed by atoms with E-state index in [0.29, 0.717) is 5.84 Å². The van der Waals surface area contributed by atoms with Crippen LogP contribution in [0.4, 0.5) is 4.79 Å². The van der Waals surface area contributed by atoms with Crippen LogP contribution in [0.15, 0.2) is 47.9 Å². The fourth-order valence-electron chi connectivity index (χ4n) is 2.10. The second kappa shape index (κ2) is 6.01. The Bertz CT molecular complexity index is 661. The molecule has 0 spiro atoms. The number of amidine groups is 1. The molecule has 6 heteroatoms. The Morgan fingerprint density at radius 1 is 1.50 bits per heavy atom. The third-order valence-corrected chi connectivity index (χ3v) is 2.91. The second-order valence-electron chi connectivity index (χ2n) is 5.74. The molecule has 1 aliphatic heterocycles. The second-order valence-corrected chi connectivity index (χ2v) is 5.74. The number of rotatable bonds is 2. The summed E-state index contributed by atoms with van der Waals surface area (Å²) in [5, 5.41) is 6.71. The first kappa shape index (κ1) is 15.8. The number of hydrogen-bond acceptors (Lipinski definition) is 4. The monoisotopic (exact) mass is 300 g/mol. The quantitative estimate of drug-likeness (QED) is 0.912. The molecule has 1 N–H and O–H groups in total. The van der Waals surface area contributed by atoms with E-state index < -0.39 is 11.7 Å². The van der Waals surface area contributed by atoms with Crippen molar-refractivity contribution in [3.63, 3.8) is 0 Å². The Balaban J connectivity index is 2.44. The summed E-state index contributed by atoms with van der Waals surface area (Å²) in [7, 11) is 1.63. The number of nitrogens with zero attached hydrogens (tertiary/aromatic N) is 3. The van der Waals surface area contributed by atoms with Gasteiger partial charge >= 0.3 is 6.09 Å². The molecule has 0 atom stereocenters. The first-order valence-corrected chi connectivity index (χ1v) is 6.91. The molecule has 1 aromatic rings. The number of ether oxygens (including phenoxy) is 1. The first-order valence-electron chi connectivity index (χ1n) is 6.91. The van der Waals surface area contributed by atoms with Gasteiger partial charge in [0.1, 0.15) is 11.4 Å². The van der Waals surface area contributed by atoms with Crippen LogP contribution in [-0.2, 0) is 4.74 Å². The highest BCUT2D eigenvalue weighted by Crippen LogP contribution is 2.32. The van der Waals surface area contributed by atoms with Crippen LogP contribution in [0.25, 0.3) is 5.57 Å². The molecule has 1 amide bonds. The molecule has 0 aromatic carbocycles. The lowest BCUT2D eigenvalue weighted by molar-refractivity contribution is 0.0430. The number of nitrogens with one attached hydrogen (secondary N) is 1. The van der Waals surface area contributed by atoms with Gasteiger partial charge in [0.05, 0.1) is 6.20 Å². The van der Waals surface area contributed by atoms with Crippen LogP contribution in [0, 0.1) is 0 Å². The lowest BCUT2D eigenvalue weighted by atomic mass is 10.0. The molecule has 22 heavy (non-hydrogen) atoms. The van der Waals surface area contributed by atoms with Gasteiger partial charge in [-0.25, -0.2) is 9.69 Å². The number of H-pyrrole nitrogens is 1. The third-order valence-electron chi connectivity index (χ3n) is 2.91. The Kier molecular flexibility index (Phi) is 4.30. The Hall–Kier alpha value is -2.63. The first-order chi connectivity index (χ1) is 10.4. The summed E-state index contributed by atoms with van der Waals surface area (Å²) in [5.74, 6) is 0.519. The summed E-state index contributed by atoms with van der Waals surface area (Å²) in [6.07, 6.45) is 8.15. The number of hydrogen-bond donors (Lipinski definition) is 1. The molecule has 0 unspecified atom stereocenters. The molecule has 1 aliphatic rings. The van der Waals surface area contributed by atoms with E-state index in [4.69, 9.17) is 4.74 Å². The van der Waals surface area contributed by atoms with Crippen molar-refractivity contribution in [2.24, 2.45) is 4.99 Å². The molecule has 2 heterocycles. The van der Waals surface area contributed by atoms with E-state index in [1.54, 1.807) is 31.7 Å². The van der Waals surface area contributed by atoms with Crippen LogP contribution in [0.5, 0.6) is 0 Å². The van der Waals surface area contributed by atoms with Crippen molar-refractivity contribution < 1.29 is 9.53 Å². The minimum absolute atomic E-state index is 0.471. The van der Waals surface area contributed by atoms with Crippen molar-refractivity contribution in [2.45, 2.75) is 26.4 Å². The number of aromatic amines is 1. The molecular weight excluding hydrogens is 280 g/mol. The summed E-state index contributed by atoms with van der Waals surface area (Å²) < 4.78 is 5.43. The van der Waals surface area contributed by atoms with Crippen molar-refractivity contribution >= 4 is 17.5 Å². The highest BCUT2D eigenvalue weighted by atomic mass is 16.6. The largest absolute Gasteiger partial charge is 0.443 e. The van der Waals surface area contributed by atoms with E-state index in [-0.39, 0.29) is 0 Å². The van der Waals surface area contributed by atoms with Gasteiger partial charge in [0.25, 0.3) is 0 Å². The number of carbonyl (C=O) groups excluding carboxylic acids is 1. The predicted molar refractivity (Wildman–Crippen MR) is 86.3 cm³/mol. The highest BCUT2D eigenvalue weighted by Gasteiger charge is 2.33. The predicted octanol–water partition coefficient (Wildman–Crippen LogP) is 3.14. The van der Waals surface area contributed by atoms with E-state index in [1.165, 1.54) is 4.90 Å². The minimum atomic E-state index is -0.579. The summed E-state index contributed by atoms with van der Waals surface area (Å²) in [4.78, 5) is 18.0. The van der Waals surface area contributed by atoms with E-state index in [0.717, 1.165) is 16.7 Å². The topological polar surface area (TPSA) is 70.6 Å². The van der Waals surface area contributed by atoms with Crippen LogP contribution in [-0.4, -0.2) is 39.7 Å². The van der Waals surface area contributed by atoms with E-state index in [9.17, 15) is 4.79 Å². The van der Waals surface area contributed by atoms with Crippen LogP contribution in [0.2, 0.25) is 0 Å². The Morgan fingerprint density at radius 2 is 2.23 bits per heavy atom. The smallest absolute Gasteiger partial charge is 0.420 e. The molecule has 0 radical (unpaired) electrons. The van der Waals surface area contributed by atoms with Crippen molar-refractivity contribution in [1.29, 1.82) is 0 Å². The number of carbonyl (C=O) groups is 1. The van der Waals surface area contributed by atoms with E-state index in [2.05, 4.69) is 21.8 Å². The van der Waals surface area contributed by atoms with Gasteiger partial charge in [0, 0.05) is 36.2 Å². The molecule has 0 bridgehead atoms. The van der Waals surface area contributed by atoms with Crippen LogP contribution < -0.4 is 0 Å². The lowest BCUT2D eigenvalue weighted by Crippen LogP contribution is -2.35. The molecular formula is C16H20N4O2. The summed E-state index contributed by atoms with van der Waals surface area (Å²) >= 11 is 0. The van der Waals surface area contributed by atoms with E-state index >= 15 is 0 Å². The minimum Gasteiger partial charge on any atom is -0.443 e. The number of amides is 1. The van der Waals surface area contributed by atoms with Gasteiger partial charge < -0.3 is 4.74 Å². The zero-order chi connectivity index (χ0) is 16.3. The van der Waals surface area contributed by atoms with Gasteiger partial charge in [-0.3, -0.25) is 10.1 Å². The van der Waals surface area contributed by atoms with Gasteiger partial charge in [0.2, 0.25) is 0 Å². The van der Waals surface area contributed by atoms with Gasteiger partial charge in [-0.05, 0) is 20.8 Å². The molecule has 0 saturated heterocycles. The SMILES string of the molecule is C=C/C=C1/C(c2cn[nH]c2)=CN(C(=O)OC(C)(C)C)C1=NC. The maximum Gasteiger partial charge on any atom is 0.420 e. The van der Waals surface area contributed by atoms with Crippen LogP contribution in [0.1, 0.15) is 26.3 Å². The maximum absolute atomic E-state index is 12.4. The van der Waals surface area contributed by atoms with Crippen molar-refractivity contribution in [1.82, 2.24) is 15.1 Å². The van der Waals surface area contributed by atoms with Crippen LogP contribution in [0.3, 0.4) is 0 Å². The zero-order valence-corrected chi connectivity index (χ0v) is 13.3. The summed E-state index contributed by atoms with van der Waals surface area (Å²) in [5.41, 5.74) is 1.91. The van der Waals surface area contributed by atoms with Crippen molar-refractivity contribution in [3.8, 4) is 0 Å². The van der Waals surface area contributed by atoms with Gasteiger partial charge in [-0.2, -0.15) is 5.10 Å². The zero-order valence-electron chi connectivity index (χ0n) is 13.3. The molecule has 2 rings (SSSR count). The average molecular weight is 300 g/mol. The average Bonchev–Trinajstić information content (AvgIpc) is 3.03. The molecule has 6 nitrogen and oxygen atoms in total. The van der Waals surface area contributed by atoms with Crippen molar-refractivity contribution in [2.75, 3.05) is 7.05 Å². The number of allylic oxidation sites excluding steroid dienone is 2. The normalized spacial score (nSPS) is 18.7. The van der Waals surface area contributed by atoms with E-state index in [1.807, 2.05) is 26.8 Å². The fourth-order valence-corrected chi connectivity index (χ4v) is 2.10. The van der Waals surface area contributed by atoms with Crippen LogP contribution >= 0.6 is 0 Å². The molecule has 1 aromatic heterocycles. The lowest BCUT2D eigenvalue weighted by Gasteiger charge is -2.23. The maximum atomic E-state index is 12.4. The number of aliphatic imine (C=N–C) groups is 1. The molecule has 116 valence electrons. The van der Waals surface area contributed by atoms with Gasteiger partial charge in [-0.15, -0.1) is 0 Å². The van der Waals surface area contributed by atoms with Gasteiger partial charge in [0.15, 0.2) is 0 Å². The Morgan fingerprint density at radius 3 is 2.73 bits per heavy atom. The summed E-state index contributed by atoms with van der Waals surface area (Å²) in [6.45, 7) is 9.19. The van der Waals surface area contributed by atoms with Crippen molar-refractivity contribution in [3.05, 3.63) is 48.5 Å². The standard InChI is InChI=1S/C16H20N4O2/c1-6-7-12-13(11-8-18-19-9-11)10-20(14(12)17-5)15(21)22-16(2,3)4/h6-10H,1H2,2-5H3,(H,18,19)/b12-7-,17-14?. The summed E-state index contributed by atoms with van der Waals surface area (Å²) in [6, 6.07) is 0. The molecule has 0 saturated carbocycles. The highest BCUT2D eigenvalue weighted by molar-refractivity contribution is 6.21. The molecule has 0 fully saturated rings. The Labute approximate surface area is 129 Å². The number of aromatic nitrogens is 2.